The van der Waals surface area contributed by atoms with Crippen molar-refractivity contribution < 1.29 is 18.9 Å². The van der Waals surface area contributed by atoms with Crippen LogP contribution in [-0.2, 0) is 11.8 Å². The Morgan fingerprint density at radius 2 is 2.30 bits per heavy atom. The van der Waals surface area contributed by atoms with Gasteiger partial charge in [-0.1, -0.05) is 6.07 Å². The van der Waals surface area contributed by atoms with Gasteiger partial charge in [0.1, 0.15) is 10.7 Å². The minimum atomic E-state index is -0.720. The number of hydrogen-bond donors (Lipinski definition) is 2. The van der Waals surface area contributed by atoms with Gasteiger partial charge >= 0.3 is 5.88 Å². The number of rotatable bonds is 4. The molecule has 4 heterocycles. The van der Waals surface area contributed by atoms with Gasteiger partial charge < -0.3 is 15.1 Å². The Bertz CT molecular complexity index is 1050. The zero-order valence-electron chi connectivity index (χ0n) is 14.0. The number of aromatic nitrogens is 2. The lowest BCUT2D eigenvalue weighted by molar-refractivity contribution is -0.402. The van der Waals surface area contributed by atoms with E-state index in [1.807, 2.05) is 17.5 Å². The number of nitro groups is 1. The summed E-state index contributed by atoms with van der Waals surface area (Å²) in [7, 11) is 1.66. The summed E-state index contributed by atoms with van der Waals surface area (Å²) in [6.45, 7) is 0. The van der Waals surface area contributed by atoms with Gasteiger partial charge in [0, 0.05) is 29.8 Å². The van der Waals surface area contributed by atoms with E-state index in [-0.39, 0.29) is 29.8 Å². The van der Waals surface area contributed by atoms with Crippen LogP contribution in [0.2, 0.25) is 0 Å². The fourth-order valence-corrected chi connectivity index (χ4v) is 3.87. The summed E-state index contributed by atoms with van der Waals surface area (Å²) in [5.74, 6) is -0.987. The van der Waals surface area contributed by atoms with Gasteiger partial charge in [-0.25, -0.2) is 0 Å². The van der Waals surface area contributed by atoms with E-state index in [9.17, 15) is 19.7 Å². The molecule has 0 saturated heterocycles. The molecule has 2 N–H and O–H groups in total. The van der Waals surface area contributed by atoms with Crippen molar-refractivity contribution in [2.45, 2.75) is 12.3 Å². The van der Waals surface area contributed by atoms with E-state index in [1.54, 1.807) is 7.05 Å². The number of nitrogens with one attached hydrogen (secondary N) is 2. The maximum atomic E-state index is 12.4. The zero-order valence-corrected chi connectivity index (χ0v) is 14.8. The monoisotopic (exact) mass is 387 g/mol. The van der Waals surface area contributed by atoms with Crippen LogP contribution in [0, 0.1) is 10.1 Å². The largest absolute Gasteiger partial charge is 0.433 e. The summed E-state index contributed by atoms with van der Waals surface area (Å²) < 4.78 is 6.41. The third-order valence-electron chi connectivity index (χ3n) is 4.19. The molecule has 1 aliphatic heterocycles. The number of hydrogen-bond acceptors (Lipinski definition) is 7. The molecule has 0 bridgehead atoms. The highest BCUT2D eigenvalue weighted by atomic mass is 32.1. The highest BCUT2D eigenvalue weighted by Gasteiger charge is 2.34. The van der Waals surface area contributed by atoms with Gasteiger partial charge in [0.2, 0.25) is 5.91 Å². The molecule has 0 saturated carbocycles. The summed E-state index contributed by atoms with van der Waals surface area (Å²) in [4.78, 5) is 35.5. The van der Waals surface area contributed by atoms with Gasteiger partial charge in [-0.2, -0.15) is 5.10 Å². The molecule has 11 heteroatoms. The molecule has 0 radical (unpaired) electrons. The van der Waals surface area contributed by atoms with E-state index in [1.165, 1.54) is 22.1 Å². The van der Waals surface area contributed by atoms with Crippen molar-refractivity contribution in [3.63, 3.8) is 0 Å². The van der Waals surface area contributed by atoms with E-state index in [4.69, 9.17) is 4.42 Å². The third kappa shape index (κ3) is 2.97. The number of thiophene rings is 1. The van der Waals surface area contributed by atoms with E-state index in [0.717, 1.165) is 10.9 Å². The minimum Gasteiger partial charge on any atom is -0.395 e. The van der Waals surface area contributed by atoms with E-state index in [0.29, 0.717) is 11.4 Å². The third-order valence-corrected chi connectivity index (χ3v) is 5.18. The number of furan rings is 1. The van der Waals surface area contributed by atoms with Gasteiger partial charge in [0.05, 0.1) is 6.07 Å². The molecule has 1 atom stereocenters. The number of fused-ring (bicyclic) bond motifs is 1. The Hall–Kier alpha value is -3.47. The second kappa shape index (κ2) is 6.36. The van der Waals surface area contributed by atoms with Crippen LogP contribution in [0.15, 0.2) is 34.1 Å². The fraction of sp³-hybridized carbons (Fsp3) is 0.188. The van der Waals surface area contributed by atoms with Crippen LogP contribution in [0.3, 0.4) is 0 Å². The van der Waals surface area contributed by atoms with Crippen molar-refractivity contribution in [3.05, 3.63) is 56.0 Å². The van der Waals surface area contributed by atoms with Crippen molar-refractivity contribution in [2.24, 2.45) is 7.05 Å². The SMILES string of the molecule is Cn1nc(NC(=O)c2ccc([N+](=O)[O-])o2)c2c1NC(=O)CC2c1cccs1. The van der Waals surface area contributed by atoms with Crippen LogP contribution in [0.1, 0.15) is 33.3 Å². The Kier molecular flexibility index (Phi) is 4.00. The van der Waals surface area contributed by atoms with Crippen molar-refractivity contribution in [1.82, 2.24) is 9.78 Å². The predicted molar refractivity (Wildman–Crippen MR) is 95.9 cm³/mol. The standard InChI is InChI=1S/C16H13N5O5S/c1-20-15-13(8(7-11(22)17-15)10-3-2-6-27-10)14(19-20)18-16(23)9-4-5-12(26-9)21(24)25/h2-6,8H,7H2,1H3,(H,17,22)(H,18,19,23). The molecular formula is C16H13N5O5S. The topological polar surface area (TPSA) is 132 Å². The van der Waals surface area contributed by atoms with Crippen LogP contribution in [0.4, 0.5) is 17.5 Å². The molecule has 138 valence electrons. The highest BCUT2D eigenvalue weighted by molar-refractivity contribution is 7.10. The Balaban J connectivity index is 1.70. The normalized spacial score (nSPS) is 15.9. The Morgan fingerprint density at radius 1 is 1.48 bits per heavy atom. The molecule has 0 aliphatic carbocycles. The first-order valence-corrected chi connectivity index (χ1v) is 8.77. The average molecular weight is 387 g/mol. The van der Waals surface area contributed by atoms with Crippen LogP contribution in [0.5, 0.6) is 0 Å². The van der Waals surface area contributed by atoms with Crippen LogP contribution in [-0.4, -0.2) is 26.5 Å². The molecule has 3 aromatic heterocycles. The molecule has 3 aromatic rings. The number of carbonyl (C=O) groups is 2. The second-order valence-electron chi connectivity index (χ2n) is 5.90. The lowest BCUT2D eigenvalue weighted by atomic mass is 9.92. The van der Waals surface area contributed by atoms with Gasteiger partial charge in [-0.15, -0.1) is 11.3 Å². The van der Waals surface area contributed by atoms with E-state index >= 15 is 0 Å². The molecule has 4 rings (SSSR count). The lowest BCUT2D eigenvalue weighted by Crippen LogP contribution is -2.24. The summed E-state index contributed by atoms with van der Waals surface area (Å²) in [6, 6.07) is 6.15. The molecule has 1 aliphatic rings. The fourth-order valence-electron chi connectivity index (χ4n) is 3.03. The average Bonchev–Trinajstić information content (AvgIpc) is 3.35. The summed E-state index contributed by atoms with van der Waals surface area (Å²) in [5, 5.41) is 22.3. The maximum Gasteiger partial charge on any atom is 0.433 e. The first kappa shape index (κ1) is 17.0. The Labute approximate surface area is 155 Å². The van der Waals surface area contributed by atoms with Gasteiger partial charge in [0.15, 0.2) is 11.6 Å². The smallest absolute Gasteiger partial charge is 0.395 e. The molecule has 0 aromatic carbocycles. The number of nitrogens with zero attached hydrogens (tertiary/aromatic N) is 3. The molecule has 0 fully saturated rings. The quantitative estimate of drug-likeness (QED) is 0.522. The summed E-state index contributed by atoms with van der Waals surface area (Å²) in [5.41, 5.74) is 0.689. The molecule has 0 spiro atoms. The molecule has 27 heavy (non-hydrogen) atoms. The first-order chi connectivity index (χ1) is 12.9. The van der Waals surface area contributed by atoms with Crippen LogP contribution in [0.25, 0.3) is 0 Å². The zero-order chi connectivity index (χ0) is 19.1. The van der Waals surface area contributed by atoms with Crippen LogP contribution >= 0.6 is 11.3 Å². The number of aryl methyl sites for hydroxylation is 1. The molecular weight excluding hydrogens is 374 g/mol. The van der Waals surface area contributed by atoms with Crippen molar-refractivity contribution >= 4 is 40.7 Å². The lowest BCUT2D eigenvalue weighted by Gasteiger charge is -2.22. The molecule has 2 amide bonds. The molecule has 1 unspecified atom stereocenters. The van der Waals surface area contributed by atoms with Crippen molar-refractivity contribution in [1.29, 1.82) is 0 Å². The summed E-state index contributed by atoms with van der Waals surface area (Å²) >= 11 is 1.51. The second-order valence-corrected chi connectivity index (χ2v) is 6.88. The minimum absolute atomic E-state index is 0.136. The summed E-state index contributed by atoms with van der Waals surface area (Å²) in [6.07, 6.45) is 0.230. The van der Waals surface area contributed by atoms with Crippen LogP contribution < -0.4 is 10.6 Å². The van der Waals surface area contributed by atoms with Crippen molar-refractivity contribution in [3.8, 4) is 0 Å². The highest BCUT2D eigenvalue weighted by Crippen LogP contribution is 2.42. The Morgan fingerprint density at radius 3 is 2.96 bits per heavy atom. The van der Waals surface area contributed by atoms with Crippen molar-refractivity contribution in [2.75, 3.05) is 10.6 Å². The number of amides is 2. The van der Waals surface area contributed by atoms with E-state index in [2.05, 4.69) is 15.7 Å². The van der Waals surface area contributed by atoms with Gasteiger partial charge in [0.25, 0.3) is 5.91 Å². The van der Waals surface area contributed by atoms with E-state index < -0.39 is 16.7 Å². The van der Waals surface area contributed by atoms with Gasteiger partial charge in [-0.05, 0) is 17.5 Å². The first-order valence-electron chi connectivity index (χ1n) is 7.89. The maximum absolute atomic E-state index is 12.4. The number of anilines is 2. The molecule has 10 nitrogen and oxygen atoms in total. The number of carbonyl (C=O) groups excluding carboxylic acids is 2. The van der Waals surface area contributed by atoms with Gasteiger partial charge in [-0.3, -0.25) is 24.4 Å². The predicted octanol–water partition coefficient (Wildman–Crippen LogP) is 2.71.